The Bertz CT molecular complexity index is 507. The standard InChI is InChI=1S/C11H15ClF3N3OS/c1-3-20-5-7(2)17-8-4-16-18(6-11(13,14)15)10(19)9(8)12/h4,7,17H,3,5-6H2,1-2H3. The third-order valence-corrected chi connectivity index (χ3v) is 3.80. The number of thioether (sulfide) groups is 1. The number of halogens is 4. The van der Waals surface area contributed by atoms with Crippen molar-refractivity contribution < 1.29 is 13.2 Å². The molecule has 1 N–H and O–H groups in total. The second-order valence-electron chi connectivity index (χ2n) is 4.16. The van der Waals surface area contributed by atoms with Gasteiger partial charge in [-0.05, 0) is 12.7 Å². The SMILES string of the molecule is CCSCC(C)Nc1cnn(CC(F)(F)F)c(=O)c1Cl. The Morgan fingerprint density at radius 2 is 2.20 bits per heavy atom. The number of anilines is 1. The molecule has 0 aliphatic heterocycles. The van der Waals surface area contributed by atoms with E-state index in [1.807, 2.05) is 13.8 Å². The van der Waals surface area contributed by atoms with Gasteiger partial charge in [0.1, 0.15) is 11.6 Å². The van der Waals surface area contributed by atoms with Crippen molar-refractivity contribution in [3.05, 3.63) is 21.6 Å². The molecule has 0 amide bonds. The zero-order valence-electron chi connectivity index (χ0n) is 11.0. The summed E-state index contributed by atoms with van der Waals surface area (Å²) in [5.41, 5.74) is -0.705. The van der Waals surface area contributed by atoms with E-state index >= 15 is 0 Å². The van der Waals surface area contributed by atoms with Crippen LogP contribution in [0.15, 0.2) is 11.0 Å². The van der Waals surface area contributed by atoms with Gasteiger partial charge in [-0.25, -0.2) is 4.68 Å². The van der Waals surface area contributed by atoms with E-state index in [4.69, 9.17) is 11.6 Å². The highest BCUT2D eigenvalue weighted by molar-refractivity contribution is 7.99. The van der Waals surface area contributed by atoms with Gasteiger partial charge in [0.25, 0.3) is 5.56 Å². The Morgan fingerprint density at radius 1 is 1.55 bits per heavy atom. The van der Waals surface area contributed by atoms with Gasteiger partial charge in [0.2, 0.25) is 0 Å². The molecule has 1 aromatic rings. The van der Waals surface area contributed by atoms with Crippen LogP contribution in [0.1, 0.15) is 13.8 Å². The molecule has 1 unspecified atom stereocenters. The van der Waals surface area contributed by atoms with E-state index in [2.05, 4.69) is 10.4 Å². The maximum atomic E-state index is 12.2. The molecule has 1 atom stereocenters. The second-order valence-corrected chi connectivity index (χ2v) is 5.85. The van der Waals surface area contributed by atoms with Crippen molar-refractivity contribution in [2.45, 2.75) is 32.6 Å². The quantitative estimate of drug-likeness (QED) is 0.871. The first kappa shape index (κ1) is 17.2. The van der Waals surface area contributed by atoms with E-state index in [0.717, 1.165) is 17.7 Å². The molecule has 1 rings (SSSR count). The summed E-state index contributed by atoms with van der Waals surface area (Å²) in [5, 5.41) is 6.17. The number of nitrogens with one attached hydrogen (secondary N) is 1. The lowest BCUT2D eigenvalue weighted by Crippen LogP contribution is -2.31. The molecule has 0 fully saturated rings. The van der Waals surface area contributed by atoms with E-state index in [-0.39, 0.29) is 16.8 Å². The van der Waals surface area contributed by atoms with Crippen molar-refractivity contribution >= 4 is 29.1 Å². The Balaban J connectivity index is 2.86. The van der Waals surface area contributed by atoms with Crippen molar-refractivity contribution in [1.29, 1.82) is 0 Å². The molecule has 0 saturated carbocycles. The van der Waals surface area contributed by atoms with Crippen LogP contribution in [0.25, 0.3) is 0 Å². The third-order valence-electron chi connectivity index (χ3n) is 2.29. The summed E-state index contributed by atoms with van der Waals surface area (Å²) < 4.78 is 37.0. The van der Waals surface area contributed by atoms with Gasteiger partial charge in [0, 0.05) is 11.8 Å². The summed E-state index contributed by atoms with van der Waals surface area (Å²) in [7, 11) is 0. The van der Waals surface area contributed by atoms with Gasteiger partial charge in [0.15, 0.2) is 0 Å². The monoisotopic (exact) mass is 329 g/mol. The van der Waals surface area contributed by atoms with Gasteiger partial charge in [0.05, 0.1) is 11.9 Å². The molecule has 0 spiro atoms. The van der Waals surface area contributed by atoms with Crippen LogP contribution in [0.3, 0.4) is 0 Å². The fraction of sp³-hybridized carbons (Fsp3) is 0.636. The third kappa shape index (κ3) is 5.24. The first-order valence-electron chi connectivity index (χ1n) is 5.91. The molecule has 0 radical (unpaired) electrons. The maximum Gasteiger partial charge on any atom is 0.408 e. The normalized spacial score (nSPS) is 13.3. The first-order chi connectivity index (χ1) is 9.24. The van der Waals surface area contributed by atoms with E-state index < -0.39 is 18.3 Å². The van der Waals surface area contributed by atoms with Gasteiger partial charge >= 0.3 is 6.18 Å². The van der Waals surface area contributed by atoms with Crippen molar-refractivity contribution in [3.8, 4) is 0 Å². The van der Waals surface area contributed by atoms with Crippen LogP contribution in [0.5, 0.6) is 0 Å². The minimum atomic E-state index is -4.51. The van der Waals surface area contributed by atoms with Gasteiger partial charge in [-0.1, -0.05) is 18.5 Å². The summed E-state index contributed by atoms with van der Waals surface area (Å²) in [4.78, 5) is 11.7. The van der Waals surface area contributed by atoms with Crippen LogP contribution in [0.4, 0.5) is 18.9 Å². The number of alkyl halides is 3. The molecule has 0 bridgehead atoms. The Hall–Kier alpha value is -0.890. The molecule has 1 heterocycles. The largest absolute Gasteiger partial charge is 0.408 e. The van der Waals surface area contributed by atoms with Crippen LogP contribution in [-0.2, 0) is 6.54 Å². The predicted octanol–water partition coefficient (Wildman–Crippen LogP) is 3.01. The lowest BCUT2D eigenvalue weighted by molar-refractivity contribution is -0.143. The number of hydrogen-bond donors (Lipinski definition) is 1. The van der Waals surface area contributed by atoms with Crippen LogP contribution < -0.4 is 10.9 Å². The zero-order chi connectivity index (χ0) is 15.3. The van der Waals surface area contributed by atoms with Gasteiger partial charge in [-0.15, -0.1) is 0 Å². The number of nitrogens with zero attached hydrogens (tertiary/aromatic N) is 2. The topological polar surface area (TPSA) is 46.9 Å². The second kappa shape index (κ2) is 7.21. The van der Waals surface area contributed by atoms with E-state index in [1.165, 1.54) is 0 Å². The maximum absolute atomic E-state index is 12.2. The average molecular weight is 330 g/mol. The Labute approximate surface area is 123 Å². The molecule has 0 aliphatic rings. The van der Waals surface area contributed by atoms with Crippen molar-refractivity contribution in [3.63, 3.8) is 0 Å². The van der Waals surface area contributed by atoms with Crippen LogP contribution >= 0.6 is 23.4 Å². The minimum absolute atomic E-state index is 0.0251. The highest BCUT2D eigenvalue weighted by Gasteiger charge is 2.29. The lowest BCUT2D eigenvalue weighted by Gasteiger charge is -2.16. The molecule has 1 aromatic heterocycles. The number of aromatic nitrogens is 2. The Morgan fingerprint density at radius 3 is 2.75 bits per heavy atom. The molecule has 4 nitrogen and oxygen atoms in total. The zero-order valence-corrected chi connectivity index (χ0v) is 12.6. The summed E-state index contributed by atoms with van der Waals surface area (Å²) >= 11 is 7.49. The Kier molecular flexibility index (Phi) is 6.19. The minimum Gasteiger partial charge on any atom is -0.379 e. The van der Waals surface area contributed by atoms with Gasteiger partial charge in [-0.3, -0.25) is 4.79 Å². The van der Waals surface area contributed by atoms with Crippen LogP contribution in [0, 0.1) is 0 Å². The van der Waals surface area contributed by atoms with Crippen molar-refractivity contribution in [1.82, 2.24) is 9.78 Å². The molecule has 0 aromatic carbocycles. The van der Waals surface area contributed by atoms with E-state index in [9.17, 15) is 18.0 Å². The first-order valence-corrected chi connectivity index (χ1v) is 7.44. The molecular weight excluding hydrogens is 315 g/mol. The van der Waals surface area contributed by atoms with Gasteiger partial charge in [-0.2, -0.15) is 30.0 Å². The van der Waals surface area contributed by atoms with Crippen LogP contribution in [0.2, 0.25) is 5.02 Å². The van der Waals surface area contributed by atoms with E-state index in [0.29, 0.717) is 4.68 Å². The fourth-order valence-corrected chi connectivity index (χ4v) is 2.32. The average Bonchev–Trinajstić information content (AvgIpc) is 2.34. The summed E-state index contributed by atoms with van der Waals surface area (Å²) in [6.45, 7) is 2.46. The van der Waals surface area contributed by atoms with Crippen LogP contribution in [-0.4, -0.2) is 33.5 Å². The molecule has 0 aliphatic carbocycles. The number of hydrogen-bond acceptors (Lipinski definition) is 4. The predicted molar refractivity (Wildman–Crippen MR) is 75.6 cm³/mol. The molecular formula is C11H15ClF3N3OS. The fourth-order valence-electron chi connectivity index (χ4n) is 1.45. The van der Waals surface area contributed by atoms with Crippen molar-refractivity contribution in [2.75, 3.05) is 16.8 Å². The highest BCUT2D eigenvalue weighted by Crippen LogP contribution is 2.20. The highest BCUT2D eigenvalue weighted by atomic mass is 35.5. The summed E-state index contributed by atoms with van der Waals surface area (Å²) in [5.74, 6) is 1.74. The summed E-state index contributed by atoms with van der Waals surface area (Å²) in [6.07, 6.45) is -3.37. The molecule has 114 valence electrons. The molecule has 0 saturated heterocycles. The summed E-state index contributed by atoms with van der Waals surface area (Å²) in [6, 6.07) is 0.0251. The van der Waals surface area contributed by atoms with Crippen molar-refractivity contribution in [2.24, 2.45) is 0 Å². The smallest absolute Gasteiger partial charge is 0.379 e. The number of rotatable bonds is 6. The molecule has 20 heavy (non-hydrogen) atoms. The lowest BCUT2D eigenvalue weighted by atomic mass is 10.3. The van der Waals surface area contributed by atoms with E-state index in [1.54, 1.807) is 11.8 Å². The van der Waals surface area contributed by atoms with Gasteiger partial charge < -0.3 is 5.32 Å². The molecule has 9 heteroatoms.